The van der Waals surface area contributed by atoms with Crippen molar-refractivity contribution >= 4 is 17.5 Å². The maximum absolute atomic E-state index is 13.4. The number of hydrogen-bond donors (Lipinski definition) is 4. The average Bonchev–Trinajstić information content (AvgIpc) is 3.46. The number of aliphatic hydroxyl groups is 1. The minimum absolute atomic E-state index is 0.00305. The fourth-order valence-corrected chi connectivity index (χ4v) is 4.70. The van der Waals surface area contributed by atoms with E-state index in [9.17, 15) is 9.90 Å². The van der Waals surface area contributed by atoms with Gasteiger partial charge in [0.2, 0.25) is 0 Å². The summed E-state index contributed by atoms with van der Waals surface area (Å²) in [5.41, 5.74) is 5.09. The van der Waals surface area contributed by atoms with Gasteiger partial charge in [0.05, 0.1) is 35.4 Å². The van der Waals surface area contributed by atoms with Crippen molar-refractivity contribution in [2.24, 2.45) is 0 Å². The standard InChI is InChI=1S/C33H35ClN4O3/c1-22-3-9-26(10-4-22)23(2)37-21-29-12-14-32(41-29)27-11-13-31(34)30(18-27)33(40)38-28(20-36-15-16-39)17-24-5-7-25(19-35)8-6-24/h3-14,18,23,28,36-37,39H,15-17,20-21H2,1-2H3,(H,38,40). The van der Waals surface area contributed by atoms with Crippen molar-refractivity contribution in [1.29, 1.82) is 5.26 Å². The number of hydrogen-bond acceptors (Lipinski definition) is 6. The van der Waals surface area contributed by atoms with Crippen molar-refractivity contribution in [3.05, 3.63) is 117 Å². The molecule has 0 saturated carbocycles. The second-order valence-corrected chi connectivity index (χ2v) is 10.5. The summed E-state index contributed by atoms with van der Waals surface area (Å²) in [6.45, 7) is 5.62. The number of nitriles is 1. The highest BCUT2D eigenvalue weighted by molar-refractivity contribution is 6.34. The van der Waals surface area contributed by atoms with E-state index in [1.54, 1.807) is 24.3 Å². The van der Waals surface area contributed by atoms with Crippen molar-refractivity contribution in [3.8, 4) is 17.4 Å². The van der Waals surface area contributed by atoms with Gasteiger partial charge in [-0.05, 0) is 73.9 Å². The summed E-state index contributed by atoms with van der Waals surface area (Å²) in [4.78, 5) is 13.4. The van der Waals surface area contributed by atoms with Crippen LogP contribution < -0.4 is 16.0 Å². The van der Waals surface area contributed by atoms with Crippen LogP contribution in [0.2, 0.25) is 5.02 Å². The average molecular weight is 571 g/mol. The van der Waals surface area contributed by atoms with Crippen LogP contribution in [0.5, 0.6) is 0 Å². The third-order valence-electron chi connectivity index (χ3n) is 6.90. The first-order chi connectivity index (χ1) is 19.9. The zero-order chi connectivity index (χ0) is 29.2. The van der Waals surface area contributed by atoms with Gasteiger partial charge in [0.25, 0.3) is 5.91 Å². The van der Waals surface area contributed by atoms with Gasteiger partial charge in [-0.2, -0.15) is 5.26 Å². The number of amides is 1. The first kappa shape index (κ1) is 30.0. The number of furan rings is 1. The van der Waals surface area contributed by atoms with Crippen LogP contribution in [-0.2, 0) is 13.0 Å². The summed E-state index contributed by atoms with van der Waals surface area (Å²) < 4.78 is 6.10. The van der Waals surface area contributed by atoms with E-state index in [1.807, 2.05) is 30.3 Å². The van der Waals surface area contributed by atoms with Gasteiger partial charge in [-0.3, -0.25) is 4.79 Å². The Bertz CT molecular complexity index is 1480. The number of nitrogens with one attached hydrogen (secondary N) is 3. The monoisotopic (exact) mass is 570 g/mol. The number of aryl methyl sites for hydroxylation is 1. The quantitative estimate of drug-likeness (QED) is 0.157. The molecule has 1 aromatic heterocycles. The van der Waals surface area contributed by atoms with Crippen LogP contribution in [0.1, 0.15) is 51.3 Å². The Kier molecular flexibility index (Phi) is 10.7. The molecule has 2 atom stereocenters. The molecule has 1 amide bonds. The summed E-state index contributed by atoms with van der Waals surface area (Å²) >= 11 is 6.46. The predicted octanol–water partition coefficient (Wildman–Crippen LogP) is 5.55. The molecular formula is C33H35ClN4O3. The van der Waals surface area contributed by atoms with Gasteiger partial charge in [0, 0.05) is 30.7 Å². The van der Waals surface area contributed by atoms with E-state index in [2.05, 4.69) is 60.1 Å². The third kappa shape index (κ3) is 8.53. The number of halogens is 1. The molecule has 212 valence electrons. The number of nitrogens with zero attached hydrogens (tertiary/aromatic N) is 1. The fourth-order valence-electron chi connectivity index (χ4n) is 4.50. The molecule has 8 heteroatoms. The molecule has 0 spiro atoms. The van der Waals surface area contributed by atoms with E-state index < -0.39 is 0 Å². The van der Waals surface area contributed by atoms with E-state index in [-0.39, 0.29) is 24.6 Å². The molecule has 4 rings (SSSR count). The van der Waals surface area contributed by atoms with Crippen molar-refractivity contribution in [1.82, 2.24) is 16.0 Å². The lowest BCUT2D eigenvalue weighted by Gasteiger charge is -2.20. The number of benzene rings is 3. The van der Waals surface area contributed by atoms with E-state index >= 15 is 0 Å². The smallest absolute Gasteiger partial charge is 0.253 e. The maximum atomic E-state index is 13.4. The summed E-state index contributed by atoms with van der Waals surface area (Å²) in [5, 5.41) is 28.3. The van der Waals surface area contributed by atoms with Gasteiger partial charge in [0.1, 0.15) is 11.5 Å². The lowest BCUT2D eigenvalue weighted by Crippen LogP contribution is -2.44. The molecule has 7 nitrogen and oxygen atoms in total. The Hall–Kier alpha value is -3.93. The molecule has 41 heavy (non-hydrogen) atoms. The minimum atomic E-state index is -0.304. The molecule has 0 radical (unpaired) electrons. The Balaban J connectivity index is 1.43. The third-order valence-corrected chi connectivity index (χ3v) is 7.23. The lowest BCUT2D eigenvalue weighted by atomic mass is 10.0. The van der Waals surface area contributed by atoms with E-state index in [0.717, 1.165) is 16.9 Å². The molecular weight excluding hydrogens is 536 g/mol. The highest BCUT2D eigenvalue weighted by atomic mass is 35.5. The van der Waals surface area contributed by atoms with Gasteiger partial charge in [-0.15, -0.1) is 0 Å². The first-order valence-corrected chi connectivity index (χ1v) is 14.0. The Morgan fingerprint density at radius 2 is 1.80 bits per heavy atom. The van der Waals surface area contributed by atoms with Crippen LogP contribution >= 0.6 is 11.6 Å². The largest absolute Gasteiger partial charge is 0.460 e. The molecule has 4 N–H and O–H groups in total. The van der Waals surface area contributed by atoms with Crippen LogP contribution in [-0.4, -0.2) is 36.8 Å². The summed E-state index contributed by atoms with van der Waals surface area (Å²) in [5.74, 6) is 1.13. The van der Waals surface area contributed by atoms with Gasteiger partial charge in [-0.1, -0.05) is 53.6 Å². The molecule has 3 aromatic carbocycles. The normalized spacial score (nSPS) is 12.5. The van der Waals surface area contributed by atoms with Gasteiger partial charge < -0.3 is 25.5 Å². The van der Waals surface area contributed by atoms with E-state index in [1.165, 1.54) is 11.1 Å². The van der Waals surface area contributed by atoms with Crippen molar-refractivity contribution in [2.45, 2.75) is 38.9 Å². The number of carbonyl (C=O) groups excluding carboxylic acids is 1. The van der Waals surface area contributed by atoms with Gasteiger partial charge in [0.15, 0.2) is 0 Å². The molecule has 0 aliphatic carbocycles. The number of rotatable bonds is 13. The van der Waals surface area contributed by atoms with Crippen molar-refractivity contribution in [2.75, 3.05) is 19.7 Å². The Morgan fingerprint density at radius 1 is 1.05 bits per heavy atom. The predicted molar refractivity (Wildman–Crippen MR) is 162 cm³/mol. The molecule has 2 unspecified atom stereocenters. The van der Waals surface area contributed by atoms with E-state index in [4.69, 9.17) is 21.3 Å². The molecule has 0 saturated heterocycles. The van der Waals surface area contributed by atoms with E-state index in [0.29, 0.717) is 48.0 Å². The second-order valence-electron chi connectivity index (χ2n) is 10.1. The maximum Gasteiger partial charge on any atom is 0.253 e. The molecule has 0 aliphatic heterocycles. The topological polar surface area (TPSA) is 110 Å². The van der Waals surface area contributed by atoms with Crippen LogP contribution in [0.3, 0.4) is 0 Å². The summed E-state index contributed by atoms with van der Waals surface area (Å²) in [6.07, 6.45) is 0.544. The zero-order valence-corrected chi connectivity index (χ0v) is 24.0. The zero-order valence-electron chi connectivity index (χ0n) is 23.3. The molecule has 0 aliphatic rings. The fraction of sp³-hybridized carbons (Fsp3) is 0.273. The molecule has 4 aromatic rings. The molecule has 1 heterocycles. The second kappa shape index (κ2) is 14.6. The van der Waals surface area contributed by atoms with Crippen molar-refractivity contribution < 1.29 is 14.3 Å². The number of carbonyl (C=O) groups is 1. The van der Waals surface area contributed by atoms with Crippen LogP contribution in [0.15, 0.2) is 83.3 Å². The number of aliphatic hydroxyl groups excluding tert-OH is 1. The summed E-state index contributed by atoms with van der Waals surface area (Å²) in [6, 6.07) is 26.8. The SMILES string of the molecule is Cc1ccc(C(C)NCc2ccc(-c3ccc(Cl)c(C(=O)NC(CNCCO)Cc4ccc(C#N)cc4)c3)o2)cc1. The van der Waals surface area contributed by atoms with Crippen LogP contribution in [0, 0.1) is 18.3 Å². The minimum Gasteiger partial charge on any atom is -0.460 e. The highest BCUT2D eigenvalue weighted by Crippen LogP contribution is 2.27. The van der Waals surface area contributed by atoms with Crippen LogP contribution in [0.4, 0.5) is 0 Å². The summed E-state index contributed by atoms with van der Waals surface area (Å²) in [7, 11) is 0. The van der Waals surface area contributed by atoms with Gasteiger partial charge >= 0.3 is 0 Å². The Morgan fingerprint density at radius 3 is 2.51 bits per heavy atom. The van der Waals surface area contributed by atoms with Crippen LogP contribution in [0.25, 0.3) is 11.3 Å². The first-order valence-electron chi connectivity index (χ1n) is 13.7. The molecule has 0 bridgehead atoms. The molecule has 0 fully saturated rings. The van der Waals surface area contributed by atoms with Gasteiger partial charge in [-0.25, -0.2) is 0 Å². The van der Waals surface area contributed by atoms with Crippen molar-refractivity contribution in [3.63, 3.8) is 0 Å². The Labute approximate surface area is 246 Å². The highest BCUT2D eigenvalue weighted by Gasteiger charge is 2.18. The lowest BCUT2D eigenvalue weighted by molar-refractivity contribution is 0.0936.